The van der Waals surface area contributed by atoms with E-state index >= 15 is 0 Å². The number of amides is 3. The van der Waals surface area contributed by atoms with Gasteiger partial charge in [-0.15, -0.1) is 0 Å². The van der Waals surface area contributed by atoms with Gasteiger partial charge in [0.25, 0.3) is 11.8 Å². The molecular formula is C19H16BrN5O3. The summed E-state index contributed by atoms with van der Waals surface area (Å²) < 4.78 is 0.896. The molecule has 2 heterocycles. The lowest BCUT2D eigenvalue weighted by molar-refractivity contribution is -0.123. The molecule has 2 atom stereocenters. The van der Waals surface area contributed by atoms with Gasteiger partial charge in [-0.05, 0) is 43.3 Å². The second-order valence-corrected chi connectivity index (χ2v) is 7.51. The van der Waals surface area contributed by atoms with Gasteiger partial charge in [-0.2, -0.15) is 5.11 Å². The van der Waals surface area contributed by atoms with Crippen LogP contribution in [0.2, 0.25) is 0 Å². The summed E-state index contributed by atoms with van der Waals surface area (Å²) in [6, 6.07) is 12.4. The van der Waals surface area contributed by atoms with Gasteiger partial charge in [0.15, 0.2) is 12.1 Å². The average molecular weight is 442 g/mol. The highest BCUT2D eigenvalue weighted by molar-refractivity contribution is 9.10. The van der Waals surface area contributed by atoms with E-state index in [0.29, 0.717) is 11.4 Å². The Balaban J connectivity index is 1.48. The van der Waals surface area contributed by atoms with Crippen molar-refractivity contribution in [2.75, 3.05) is 16.8 Å². The van der Waals surface area contributed by atoms with E-state index in [0.717, 1.165) is 14.9 Å². The molecule has 2 aromatic rings. The standard InChI is InChI=1S/C19H16BrN5O3/c1-11-2-8-14(9-3-11)25-18(27)16-17(19(25)28)24(23-22-16)10-15(26)21-13-6-4-12(20)5-7-13/h2-9,16-17H,10H2,1H3,(H,21,26)/t16-,17+/m0/s1. The molecule has 0 saturated carbocycles. The van der Waals surface area contributed by atoms with E-state index in [4.69, 9.17) is 0 Å². The molecule has 9 heteroatoms. The third-order valence-corrected chi connectivity index (χ3v) is 5.11. The second-order valence-electron chi connectivity index (χ2n) is 6.59. The Morgan fingerprint density at radius 1 is 1.07 bits per heavy atom. The molecular weight excluding hydrogens is 426 g/mol. The first-order valence-corrected chi connectivity index (χ1v) is 9.40. The molecule has 0 radical (unpaired) electrons. The summed E-state index contributed by atoms with van der Waals surface area (Å²) in [5.41, 5.74) is 2.13. The predicted octanol–water partition coefficient (Wildman–Crippen LogP) is 2.69. The Morgan fingerprint density at radius 3 is 2.43 bits per heavy atom. The molecule has 1 fully saturated rings. The monoisotopic (exact) mass is 441 g/mol. The Bertz CT molecular complexity index is 974. The van der Waals surface area contributed by atoms with E-state index in [1.807, 2.05) is 19.1 Å². The number of rotatable bonds is 4. The Hall–Kier alpha value is -3.07. The van der Waals surface area contributed by atoms with E-state index in [9.17, 15) is 14.4 Å². The molecule has 28 heavy (non-hydrogen) atoms. The largest absolute Gasteiger partial charge is 0.324 e. The SMILES string of the molecule is Cc1ccc(N2C(=O)[C@H]3N=NN(CC(=O)Nc4ccc(Br)cc4)[C@H]3C2=O)cc1. The van der Waals surface area contributed by atoms with E-state index < -0.39 is 23.9 Å². The molecule has 0 aromatic heterocycles. The smallest absolute Gasteiger partial charge is 0.263 e. The lowest BCUT2D eigenvalue weighted by Gasteiger charge is -2.20. The zero-order chi connectivity index (χ0) is 19.8. The summed E-state index contributed by atoms with van der Waals surface area (Å²) in [6.07, 6.45) is 0. The molecule has 4 rings (SSSR count). The number of carbonyl (C=O) groups is 3. The van der Waals surface area contributed by atoms with Crippen molar-refractivity contribution in [2.24, 2.45) is 10.3 Å². The Morgan fingerprint density at radius 2 is 1.75 bits per heavy atom. The Kier molecular flexibility index (Phi) is 4.68. The van der Waals surface area contributed by atoms with Gasteiger partial charge in [0.2, 0.25) is 5.91 Å². The highest BCUT2D eigenvalue weighted by atomic mass is 79.9. The fraction of sp³-hybridized carbons (Fsp3) is 0.211. The minimum atomic E-state index is -0.922. The quantitative estimate of drug-likeness (QED) is 0.737. The summed E-state index contributed by atoms with van der Waals surface area (Å²) in [5.74, 6) is -1.21. The fourth-order valence-electron chi connectivity index (χ4n) is 3.18. The minimum Gasteiger partial charge on any atom is -0.324 e. The first kappa shape index (κ1) is 18.3. The third kappa shape index (κ3) is 3.29. The van der Waals surface area contributed by atoms with Gasteiger partial charge in [-0.3, -0.25) is 19.4 Å². The molecule has 0 unspecified atom stereocenters. The van der Waals surface area contributed by atoms with Crippen molar-refractivity contribution in [2.45, 2.75) is 19.0 Å². The first-order chi connectivity index (χ1) is 13.4. The van der Waals surface area contributed by atoms with Crippen molar-refractivity contribution in [1.82, 2.24) is 5.01 Å². The first-order valence-electron chi connectivity index (χ1n) is 8.61. The van der Waals surface area contributed by atoms with Crippen LogP contribution in [0.5, 0.6) is 0 Å². The molecule has 142 valence electrons. The summed E-state index contributed by atoms with van der Waals surface area (Å²) in [6.45, 7) is 1.74. The van der Waals surface area contributed by atoms with Crippen molar-refractivity contribution in [3.8, 4) is 0 Å². The number of nitrogens with one attached hydrogen (secondary N) is 1. The van der Waals surface area contributed by atoms with Crippen LogP contribution in [0.4, 0.5) is 11.4 Å². The molecule has 0 bridgehead atoms. The second kappa shape index (κ2) is 7.16. The number of halogens is 1. The molecule has 2 aliphatic heterocycles. The highest BCUT2D eigenvalue weighted by Gasteiger charge is 2.55. The molecule has 2 aromatic carbocycles. The van der Waals surface area contributed by atoms with Crippen LogP contribution < -0.4 is 10.2 Å². The van der Waals surface area contributed by atoms with Crippen molar-refractivity contribution < 1.29 is 14.4 Å². The van der Waals surface area contributed by atoms with Gasteiger partial charge < -0.3 is 5.32 Å². The van der Waals surface area contributed by atoms with Crippen LogP contribution in [-0.2, 0) is 14.4 Å². The molecule has 1 N–H and O–H groups in total. The third-order valence-electron chi connectivity index (χ3n) is 4.58. The van der Waals surface area contributed by atoms with Crippen molar-refractivity contribution in [3.05, 3.63) is 58.6 Å². The minimum absolute atomic E-state index is 0.179. The van der Waals surface area contributed by atoms with Crippen LogP contribution in [-0.4, -0.2) is 41.4 Å². The maximum Gasteiger partial charge on any atom is 0.263 e. The van der Waals surface area contributed by atoms with Gasteiger partial charge in [0.1, 0.15) is 6.54 Å². The lowest BCUT2D eigenvalue weighted by atomic mass is 10.1. The van der Waals surface area contributed by atoms with Crippen molar-refractivity contribution >= 4 is 45.0 Å². The van der Waals surface area contributed by atoms with Crippen LogP contribution in [0, 0.1) is 6.92 Å². The molecule has 0 spiro atoms. The number of carbonyl (C=O) groups excluding carboxylic acids is 3. The topological polar surface area (TPSA) is 94.4 Å². The number of imide groups is 1. The van der Waals surface area contributed by atoms with Crippen LogP contribution in [0.15, 0.2) is 63.3 Å². The van der Waals surface area contributed by atoms with Crippen LogP contribution in [0.25, 0.3) is 0 Å². The normalized spacial score (nSPS) is 20.6. The van der Waals surface area contributed by atoms with E-state index in [2.05, 4.69) is 31.6 Å². The number of anilines is 2. The van der Waals surface area contributed by atoms with Gasteiger partial charge in [-0.25, -0.2) is 4.90 Å². The van der Waals surface area contributed by atoms with Gasteiger partial charge >= 0.3 is 0 Å². The van der Waals surface area contributed by atoms with Crippen molar-refractivity contribution in [1.29, 1.82) is 0 Å². The maximum absolute atomic E-state index is 12.9. The van der Waals surface area contributed by atoms with Crippen LogP contribution in [0.1, 0.15) is 5.56 Å². The summed E-state index contributed by atoms with van der Waals surface area (Å²) >= 11 is 3.33. The van der Waals surface area contributed by atoms with Gasteiger partial charge in [-0.1, -0.05) is 38.8 Å². The van der Waals surface area contributed by atoms with E-state index in [1.165, 1.54) is 5.01 Å². The maximum atomic E-state index is 12.9. The van der Waals surface area contributed by atoms with Crippen LogP contribution in [0.3, 0.4) is 0 Å². The van der Waals surface area contributed by atoms with Crippen LogP contribution >= 0.6 is 15.9 Å². The molecule has 8 nitrogen and oxygen atoms in total. The number of aryl methyl sites for hydroxylation is 1. The number of hydrogen-bond acceptors (Lipinski definition) is 6. The zero-order valence-corrected chi connectivity index (χ0v) is 16.5. The summed E-state index contributed by atoms with van der Waals surface area (Å²) in [4.78, 5) is 39.0. The number of hydrogen-bond donors (Lipinski definition) is 1. The van der Waals surface area contributed by atoms with E-state index in [1.54, 1.807) is 36.4 Å². The van der Waals surface area contributed by atoms with Gasteiger partial charge in [0, 0.05) is 10.2 Å². The Labute approximate surface area is 169 Å². The number of benzene rings is 2. The molecule has 3 amide bonds. The fourth-order valence-corrected chi connectivity index (χ4v) is 3.45. The van der Waals surface area contributed by atoms with Crippen molar-refractivity contribution in [3.63, 3.8) is 0 Å². The summed E-state index contributed by atoms with van der Waals surface area (Å²) in [7, 11) is 0. The predicted molar refractivity (Wildman–Crippen MR) is 106 cm³/mol. The zero-order valence-electron chi connectivity index (χ0n) is 14.9. The average Bonchev–Trinajstić information content (AvgIpc) is 3.18. The van der Waals surface area contributed by atoms with Gasteiger partial charge in [0.05, 0.1) is 5.69 Å². The van der Waals surface area contributed by atoms with E-state index in [-0.39, 0.29) is 12.5 Å². The number of fused-ring (bicyclic) bond motifs is 1. The summed E-state index contributed by atoms with van der Waals surface area (Å²) in [5, 5.41) is 11.8. The molecule has 0 aliphatic carbocycles. The highest BCUT2D eigenvalue weighted by Crippen LogP contribution is 2.31. The molecule has 2 aliphatic rings. The number of nitrogens with zero attached hydrogens (tertiary/aromatic N) is 4. The molecule has 1 saturated heterocycles. The lowest BCUT2D eigenvalue weighted by Crippen LogP contribution is -2.43.